The lowest BCUT2D eigenvalue weighted by Crippen LogP contribution is -2.43. The summed E-state index contributed by atoms with van der Waals surface area (Å²) in [5, 5.41) is 16.9. The monoisotopic (exact) mass is 256 g/mol. The predicted octanol–water partition coefficient (Wildman–Crippen LogP) is -0.884. The van der Waals surface area contributed by atoms with Gasteiger partial charge in [0.15, 0.2) is 0 Å². The smallest absolute Gasteiger partial charge is 0.343 e. The van der Waals surface area contributed by atoms with E-state index in [0.717, 1.165) is 0 Å². The molecule has 0 aliphatic heterocycles. The van der Waals surface area contributed by atoms with E-state index in [4.69, 9.17) is 10.2 Å². The fourth-order valence-corrected chi connectivity index (χ4v) is 0.797. The summed E-state index contributed by atoms with van der Waals surface area (Å²) < 4.78 is 0. The summed E-state index contributed by atoms with van der Waals surface area (Å²) >= 11 is 0. The molecule has 0 heterocycles. The molecule has 2 amide bonds. The van der Waals surface area contributed by atoms with Crippen molar-refractivity contribution in [1.29, 1.82) is 0 Å². The first-order valence-corrected chi connectivity index (χ1v) is 4.46. The lowest BCUT2D eigenvalue weighted by Gasteiger charge is -1.94. The Morgan fingerprint density at radius 3 is 1.22 bits per heavy atom. The Balaban J connectivity index is 0.000000411. The van der Waals surface area contributed by atoms with Crippen LogP contribution in [-0.2, 0) is 0 Å². The van der Waals surface area contributed by atoms with Crippen molar-refractivity contribution in [1.82, 2.24) is 10.9 Å². The number of nitrogens with two attached hydrogens (primary N) is 2. The number of hydrazine groups is 2. The molecule has 0 spiro atoms. The van der Waals surface area contributed by atoms with Crippen molar-refractivity contribution in [2.75, 3.05) is 0 Å². The molecule has 0 radical (unpaired) electrons. The predicted molar refractivity (Wildman–Crippen MR) is 60.4 cm³/mol. The van der Waals surface area contributed by atoms with Crippen LogP contribution in [0.2, 0.25) is 0 Å². The third-order valence-electron chi connectivity index (χ3n) is 1.64. The van der Waals surface area contributed by atoms with Crippen molar-refractivity contribution in [2.45, 2.75) is 0 Å². The van der Waals surface area contributed by atoms with Crippen LogP contribution in [0.4, 0.5) is 4.79 Å². The summed E-state index contributed by atoms with van der Waals surface area (Å²) in [5.74, 6) is 6.95. The maximum absolute atomic E-state index is 10.3. The van der Waals surface area contributed by atoms with Gasteiger partial charge in [-0.15, -0.1) is 0 Å². The normalized spacial score (nSPS) is 8.56. The minimum atomic E-state index is -1.06. The standard InChI is InChI=1S/C8H6O4.CH6N4O/c9-7(10)5-1-2-6(4-3-5)8(11)12;2-4-1(6)5-3/h1-4H,(H,9,10)(H,11,12);2-3H2,(H2,4,5,6). The van der Waals surface area contributed by atoms with Crippen LogP contribution in [0.5, 0.6) is 0 Å². The summed E-state index contributed by atoms with van der Waals surface area (Å²) in [6.45, 7) is 0. The molecule has 0 aromatic heterocycles. The van der Waals surface area contributed by atoms with E-state index in [9.17, 15) is 14.4 Å². The first-order chi connectivity index (χ1) is 8.42. The molecule has 0 saturated heterocycles. The highest BCUT2D eigenvalue weighted by Crippen LogP contribution is 2.03. The van der Waals surface area contributed by atoms with Crippen LogP contribution in [0.25, 0.3) is 0 Å². The number of urea groups is 1. The van der Waals surface area contributed by atoms with E-state index in [1.165, 1.54) is 24.3 Å². The Bertz CT molecular complexity index is 392. The Hall–Kier alpha value is -2.65. The van der Waals surface area contributed by atoms with Crippen LogP contribution in [0, 0.1) is 0 Å². The zero-order chi connectivity index (χ0) is 14.1. The van der Waals surface area contributed by atoms with Crippen molar-refractivity contribution in [2.24, 2.45) is 11.7 Å². The zero-order valence-electron chi connectivity index (χ0n) is 9.08. The highest BCUT2D eigenvalue weighted by Gasteiger charge is 2.04. The van der Waals surface area contributed by atoms with E-state index in [-0.39, 0.29) is 11.1 Å². The highest BCUT2D eigenvalue weighted by atomic mass is 16.4. The maximum atomic E-state index is 10.3. The van der Waals surface area contributed by atoms with Crippen molar-refractivity contribution in [3.05, 3.63) is 35.4 Å². The molecule has 0 aliphatic rings. The van der Waals surface area contributed by atoms with Gasteiger partial charge in [0.1, 0.15) is 0 Å². The molecular weight excluding hydrogens is 244 g/mol. The summed E-state index contributed by atoms with van der Waals surface area (Å²) in [6.07, 6.45) is 0. The van der Waals surface area contributed by atoms with Crippen LogP contribution >= 0.6 is 0 Å². The van der Waals surface area contributed by atoms with E-state index in [1.54, 1.807) is 10.9 Å². The summed E-state index contributed by atoms with van der Waals surface area (Å²) in [6, 6.07) is 4.42. The first kappa shape index (κ1) is 15.3. The van der Waals surface area contributed by atoms with Gasteiger partial charge in [-0.25, -0.2) is 26.1 Å². The summed E-state index contributed by atoms with van der Waals surface area (Å²) in [5.41, 5.74) is 3.65. The topological polar surface area (TPSA) is 168 Å². The van der Waals surface area contributed by atoms with E-state index in [2.05, 4.69) is 11.7 Å². The zero-order valence-corrected chi connectivity index (χ0v) is 9.08. The van der Waals surface area contributed by atoms with Crippen molar-refractivity contribution >= 4 is 18.0 Å². The largest absolute Gasteiger partial charge is 0.478 e. The van der Waals surface area contributed by atoms with Gasteiger partial charge in [-0.2, -0.15) is 0 Å². The number of amides is 2. The van der Waals surface area contributed by atoms with E-state index in [0.29, 0.717) is 0 Å². The number of aromatic carboxylic acids is 2. The van der Waals surface area contributed by atoms with Gasteiger partial charge in [-0.05, 0) is 24.3 Å². The molecule has 1 aromatic rings. The Labute approximate surface area is 101 Å². The quantitative estimate of drug-likeness (QED) is 0.226. The second-order valence-electron chi connectivity index (χ2n) is 2.81. The lowest BCUT2D eigenvalue weighted by atomic mass is 10.1. The minimum Gasteiger partial charge on any atom is -0.478 e. The van der Waals surface area contributed by atoms with Gasteiger partial charge < -0.3 is 10.2 Å². The second-order valence-corrected chi connectivity index (χ2v) is 2.81. The molecule has 0 fully saturated rings. The van der Waals surface area contributed by atoms with Crippen LogP contribution in [0.3, 0.4) is 0 Å². The number of carboxylic acid groups (broad SMARTS) is 2. The molecule has 0 atom stereocenters. The van der Waals surface area contributed by atoms with E-state index >= 15 is 0 Å². The number of carbonyl (C=O) groups is 3. The molecule has 0 bridgehead atoms. The fourth-order valence-electron chi connectivity index (χ4n) is 0.797. The minimum absolute atomic E-state index is 0.0833. The Morgan fingerprint density at radius 1 is 0.833 bits per heavy atom. The SMILES string of the molecule is NNC(=O)NN.O=C(O)c1ccc(C(=O)O)cc1. The number of carboxylic acids is 2. The number of nitrogens with one attached hydrogen (secondary N) is 2. The molecule has 9 heteroatoms. The summed E-state index contributed by atoms with van der Waals surface area (Å²) in [7, 11) is 0. The van der Waals surface area contributed by atoms with Crippen LogP contribution in [0.15, 0.2) is 24.3 Å². The maximum Gasteiger partial charge on any atom is 0.343 e. The fraction of sp³-hybridized carbons (Fsp3) is 0. The highest BCUT2D eigenvalue weighted by molar-refractivity contribution is 5.91. The molecular formula is C9H12N4O5. The molecule has 0 unspecified atom stereocenters. The average molecular weight is 256 g/mol. The van der Waals surface area contributed by atoms with Gasteiger partial charge in [0.05, 0.1) is 11.1 Å². The van der Waals surface area contributed by atoms with Gasteiger partial charge in [0.2, 0.25) is 0 Å². The lowest BCUT2D eigenvalue weighted by molar-refractivity contribution is 0.0681. The van der Waals surface area contributed by atoms with Gasteiger partial charge >= 0.3 is 18.0 Å². The van der Waals surface area contributed by atoms with Crippen molar-refractivity contribution in [3.63, 3.8) is 0 Å². The molecule has 98 valence electrons. The molecule has 0 saturated carbocycles. The van der Waals surface area contributed by atoms with Gasteiger partial charge in [0.25, 0.3) is 0 Å². The molecule has 9 nitrogen and oxygen atoms in total. The molecule has 1 aromatic carbocycles. The number of hydrogen-bond donors (Lipinski definition) is 6. The number of carbonyl (C=O) groups excluding carboxylic acids is 1. The second kappa shape index (κ2) is 7.60. The van der Waals surface area contributed by atoms with Crippen LogP contribution < -0.4 is 22.5 Å². The van der Waals surface area contributed by atoms with Gasteiger partial charge in [0, 0.05) is 0 Å². The third-order valence-corrected chi connectivity index (χ3v) is 1.64. The Morgan fingerprint density at radius 2 is 1.11 bits per heavy atom. The van der Waals surface area contributed by atoms with Gasteiger partial charge in [-0.1, -0.05) is 0 Å². The summed E-state index contributed by atoms with van der Waals surface area (Å²) in [4.78, 5) is 30.4. The van der Waals surface area contributed by atoms with E-state index < -0.39 is 18.0 Å². The van der Waals surface area contributed by atoms with Crippen LogP contribution in [0.1, 0.15) is 20.7 Å². The molecule has 0 aliphatic carbocycles. The number of rotatable bonds is 2. The third kappa shape index (κ3) is 5.44. The molecule has 1 rings (SSSR count). The molecule has 8 N–H and O–H groups in total. The average Bonchev–Trinajstić information content (AvgIpc) is 2.38. The van der Waals surface area contributed by atoms with Gasteiger partial charge in [-0.3, -0.25) is 10.9 Å². The number of hydrogen-bond acceptors (Lipinski definition) is 5. The first-order valence-electron chi connectivity index (χ1n) is 4.46. The Kier molecular flexibility index (Phi) is 6.48. The molecule has 18 heavy (non-hydrogen) atoms. The van der Waals surface area contributed by atoms with Crippen molar-refractivity contribution < 1.29 is 24.6 Å². The van der Waals surface area contributed by atoms with Crippen molar-refractivity contribution in [3.8, 4) is 0 Å². The number of benzene rings is 1. The van der Waals surface area contributed by atoms with Crippen LogP contribution in [-0.4, -0.2) is 28.2 Å². The van der Waals surface area contributed by atoms with E-state index in [1.807, 2.05) is 0 Å².